The fourth-order valence-electron chi connectivity index (χ4n) is 1.92. The molecule has 1 heterocycles. The maximum Gasteiger partial charge on any atom is 0.257 e. The van der Waals surface area contributed by atoms with Crippen molar-refractivity contribution in [1.82, 2.24) is 4.90 Å². The average molecular weight is 253 g/mol. The maximum absolute atomic E-state index is 12.1. The number of aromatic hydroxyl groups is 1. The van der Waals surface area contributed by atoms with Crippen molar-refractivity contribution in [2.45, 2.75) is 12.2 Å². The lowest BCUT2D eigenvalue weighted by Gasteiger charge is -2.16. The summed E-state index contributed by atoms with van der Waals surface area (Å²) in [5, 5.41) is 28.5. The Morgan fingerprint density at radius 1 is 1.33 bits per heavy atom. The second-order valence-electron chi connectivity index (χ2n) is 4.23. The number of phenolic OH excluding ortho intramolecular Hbond substituents is 1. The van der Waals surface area contributed by atoms with Gasteiger partial charge in [-0.05, 0) is 18.2 Å². The summed E-state index contributed by atoms with van der Waals surface area (Å²) < 4.78 is 4.98. The number of aliphatic hydroxyl groups excluding tert-OH is 2. The van der Waals surface area contributed by atoms with Crippen LogP contribution in [-0.4, -0.2) is 58.5 Å². The van der Waals surface area contributed by atoms with E-state index in [0.29, 0.717) is 5.75 Å². The summed E-state index contributed by atoms with van der Waals surface area (Å²) in [6, 6.07) is 4.34. The van der Waals surface area contributed by atoms with E-state index in [4.69, 9.17) is 4.74 Å². The molecule has 0 unspecified atom stereocenters. The van der Waals surface area contributed by atoms with Gasteiger partial charge in [0.2, 0.25) is 0 Å². The molecule has 6 nitrogen and oxygen atoms in total. The minimum atomic E-state index is -0.943. The van der Waals surface area contributed by atoms with Crippen LogP contribution in [0.3, 0.4) is 0 Å². The predicted octanol–water partition coefficient (Wildman–Crippen LogP) is -0.422. The van der Waals surface area contributed by atoms with Gasteiger partial charge in [-0.15, -0.1) is 0 Å². The van der Waals surface area contributed by atoms with E-state index >= 15 is 0 Å². The van der Waals surface area contributed by atoms with Crippen LogP contribution in [0.25, 0.3) is 0 Å². The molecule has 3 N–H and O–H groups in total. The van der Waals surface area contributed by atoms with Crippen LogP contribution >= 0.6 is 0 Å². The minimum Gasteiger partial charge on any atom is -0.507 e. The molecule has 1 aromatic carbocycles. The van der Waals surface area contributed by atoms with Crippen molar-refractivity contribution >= 4 is 5.91 Å². The zero-order chi connectivity index (χ0) is 13.3. The molecule has 1 amide bonds. The van der Waals surface area contributed by atoms with Gasteiger partial charge in [0.05, 0.1) is 24.9 Å². The summed E-state index contributed by atoms with van der Waals surface area (Å²) in [4.78, 5) is 13.4. The van der Waals surface area contributed by atoms with Crippen molar-refractivity contribution in [1.29, 1.82) is 0 Å². The lowest BCUT2D eigenvalue weighted by atomic mass is 10.1. The molecule has 98 valence electrons. The van der Waals surface area contributed by atoms with Gasteiger partial charge in [-0.3, -0.25) is 4.79 Å². The first-order chi connectivity index (χ1) is 8.52. The SMILES string of the molecule is COc1ccc(O)c(C(=O)N2C[C@@H](O)[C@@H](O)C2)c1. The summed E-state index contributed by atoms with van der Waals surface area (Å²) in [5.41, 5.74) is 0.0932. The first-order valence-electron chi connectivity index (χ1n) is 5.55. The highest BCUT2D eigenvalue weighted by Gasteiger charge is 2.33. The molecule has 1 aromatic rings. The second-order valence-corrected chi connectivity index (χ2v) is 4.23. The van der Waals surface area contributed by atoms with E-state index in [1.165, 1.54) is 24.1 Å². The lowest BCUT2D eigenvalue weighted by molar-refractivity contribution is 0.0572. The number of carbonyl (C=O) groups is 1. The van der Waals surface area contributed by atoms with Gasteiger partial charge in [-0.1, -0.05) is 0 Å². The first kappa shape index (κ1) is 12.7. The Kier molecular flexibility index (Phi) is 3.40. The molecule has 0 aliphatic carbocycles. The average Bonchev–Trinajstić information content (AvgIpc) is 2.69. The molecule has 1 aliphatic rings. The second kappa shape index (κ2) is 4.83. The van der Waals surface area contributed by atoms with Gasteiger partial charge in [0.25, 0.3) is 5.91 Å². The molecular formula is C12H15NO5. The Bertz CT molecular complexity index is 452. The van der Waals surface area contributed by atoms with Crippen LogP contribution in [0.4, 0.5) is 0 Å². The topological polar surface area (TPSA) is 90.2 Å². The number of ether oxygens (including phenoxy) is 1. The normalized spacial score (nSPS) is 23.2. The number of nitrogens with zero attached hydrogens (tertiary/aromatic N) is 1. The summed E-state index contributed by atoms with van der Waals surface area (Å²) in [5.74, 6) is -0.143. The van der Waals surface area contributed by atoms with E-state index in [9.17, 15) is 20.1 Å². The molecule has 2 rings (SSSR count). The number of likely N-dealkylation sites (tertiary alicyclic amines) is 1. The van der Waals surface area contributed by atoms with Gasteiger partial charge in [0.15, 0.2) is 0 Å². The number of β-amino-alcohol motifs (C(OH)–C–C–N with tert-alkyl or cyclic N) is 2. The predicted molar refractivity (Wildman–Crippen MR) is 62.6 cm³/mol. The Morgan fingerprint density at radius 3 is 2.50 bits per heavy atom. The van der Waals surface area contributed by atoms with E-state index in [0.717, 1.165) is 0 Å². The molecule has 1 fully saturated rings. The highest BCUT2D eigenvalue weighted by molar-refractivity contribution is 5.97. The number of aliphatic hydroxyl groups is 2. The molecule has 1 aliphatic heterocycles. The molecule has 0 spiro atoms. The Labute approximate surface area is 104 Å². The third-order valence-corrected chi connectivity index (χ3v) is 2.98. The number of phenols is 1. The van der Waals surface area contributed by atoms with E-state index in [1.54, 1.807) is 6.07 Å². The summed E-state index contributed by atoms with van der Waals surface area (Å²) in [7, 11) is 1.46. The van der Waals surface area contributed by atoms with Crippen LogP contribution in [-0.2, 0) is 0 Å². The monoisotopic (exact) mass is 253 g/mol. The van der Waals surface area contributed by atoms with Crippen molar-refractivity contribution in [3.63, 3.8) is 0 Å². The highest BCUT2D eigenvalue weighted by atomic mass is 16.5. The van der Waals surface area contributed by atoms with E-state index in [-0.39, 0.29) is 24.4 Å². The van der Waals surface area contributed by atoms with Crippen LogP contribution in [0.15, 0.2) is 18.2 Å². The van der Waals surface area contributed by atoms with E-state index < -0.39 is 18.1 Å². The Morgan fingerprint density at radius 2 is 1.94 bits per heavy atom. The number of benzene rings is 1. The van der Waals surface area contributed by atoms with Crippen molar-refractivity contribution < 1.29 is 24.9 Å². The molecule has 0 saturated carbocycles. The molecule has 2 atom stereocenters. The maximum atomic E-state index is 12.1. The lowest BCUT2D eigenvalue weighted by Crippen LogP contribution is -2.29. The summed E-state index contributed by atoms with van der Waals surface area (Å²) >= 11 is 0. The number of carbonyl (C=O) groups excluding carboxylic acids is 1. The molecule has 1 saturated heterocycles. The Hall–Kier alpha value is -1.79. The van der Waals surface area contributed by atoms with Crippen LogP contribution in [0.5, 0.6) is 11.5 Å². The molecule has 0 bridgehead atoms. The van der Waals surface area contributed by atoms with Crippen LogP contribution < -0.4 is 4.74 Å². The van der Waals surface area contributed by atoms with Crippen LogP contribution in [0, 0.1) is 0 Å². The highest BCUT2D eigenvalue weighted by Crippen LogP contribution is 2.25. The standard InChI is InChI=1S/C12H15NO5/c1-18-7-2-3-9(14)8(4-7)12(17)13-5-10(15)11(16)6-13/h2-4,10-11,14-16H,5-6H2,1H3/t10-,11+. The number of hydrogen-bond donors (Lipinski definition) is 3. The van der Waals surface area contributed by atoms with Crippen molar-refractivity contribution in [3.05, 3.63) is 23.8 Å². The van der Waals surface area contributed by atoms with Gasteiger partial charge >= 0.3 is 0 Å². The van der Waals surface area contributed by atoms with E-state index in [1.807, 2.05) is 0 Å². The van der Waals surface area contributed by atoms with Gasteiger partial charge in [-0.2, -0.15) is 0 Å². The third-order valence-electron chi connectivity index (χ3n) is 2.98. The van der Waals surface area contributed by atoms with Crippen molar-refractivity contribution in [2.24, 2.45) is 0 Å². The van der Waals surface area contributed by atoms with Gasteiger partial charge in [0.1, 0.15) is 11.5 Å². The quantitative estimate of drug-likeness (QED) is 0.666. The number of rotatable bonds is 2. The fraction of sp³-hybridized carbons (Fsp3) is 0.417. The fourth-order valence-corrected chi connectivity index (χ4v) is 1.92. The van der Waals surface area contributed by atoms with Crippen LogP contribution in [0.2, 0.25) is 0 Å². The van der Waals surface area contributed by atoms with Crippen molar-refractivity contribution in [2.75, 3.05) is 20.2 Å². The molecule has 18 heavy (non-hydrogen) atoms. The molecule has 6 heteroatoms. The van der Waals surface area contributed by atoms with Gasteiger partial charge < -0.3 is 25.0 Å². The molecular weight excluding hydrogens is 238 g/mol. The molecule has 0 radical (unpaired) electrons. The Balaban J connectivity index is 2.23. The molecule has 0 aromatic heterocycles. The van der Waals surface area contributed by atoms with Gasteiger partial charge in [-0.25, -0.2) is 0 Å². The number of methoxy groups -OCH3 is 1. The minimum absolute atomic E-state index is 0.0522. The van der Waals surface area contributed by atoms with E-state index in [2.05, 4.69) is 0 Å². The summed E-state index contributed by atoms with van der Waals surface area (Å²) in [6.07, 6.45) is -1.89. The number of amides is 1. The zero-order valence-corrected chi connectivity index (χ0v) is 9.91. The largest absolute Gasteiger partial charge is 0.507 e. The first-order valence-corrected chi connectivity index (χ1v) is 5.55. The van der Waals surface area contributed by atoms with Crippen LogP contribution in [0.1, 0.15) is 10.4 Å². The summed E-state index contributed by atoms with van der Waals surface area (Å²) in [6.45, 7) is 0.104. The number of hydrogen-bond acceptors (Lipinski definition) is 5. The zero-order valence-electron chi connectivity index (χ0n) is 9.91. The van der Waals surface area contributed by atoms with Gasteiger partial charge in [0, 0.05) is 13.1 Å². The smallest absolute Gasteiger partial charge is 0.257 e. The third kappa shape index (κ3) is 2.25. The van der Waals surface area contributed by atoms with Crippen molar-refractivity contribution in [3.8, 4) is 11.5 Å².